The molecule has 0 bridgehead atoms. The second kappa shape index (κ2) is 4.06. The molecule has 4 nitrogen and oxygen atoms in total. The van der Waals surface area contributed by atoms with Crippen molar-refractivity contribution >= 4 is 11.5 Å². The predicted octanol–water partition coefficient (Wildman–Crippen LogP) is 1.40. The lowest BCUT2D eigenvalue weighted by Gasteiger charge is -2.11. The molecule has 0 amide bonds. The highest BCUT2D eigenvalue weighted by molar-refractivity contribution is 7.05. The number of hydrogen-bond donors (Lipinski definition) is 1. The number of ether oxygens (including phenoxy) is 1. The lowest BCUT2D eigenvalue weighted by atomic mass is 10.1. The Morgan fingerprint density at radius 2 is 2.57 bits per heavy atom. The van der Waals surface area contributed by atoms with Crippen LogP contribution in [0.1, 0.15) is 30.0 Å². The van der Waals surface area contributed by atoms with E-state index >= 15 is 0 Å². The van der Waals surface area contributed by atoms with Gasteiger partial charge in [0.05, 0.1) is 17.2 Å². The van der Waals surface area contributed by atoms with Crippen molar-refractivity contribution in [1.29, 1.82) is 0 Å². The molecule has 0 saturated heterocycles. The van der Waals surface area contributed by atoms with Gasteiger partial charge in [-0.05, 0) is 24.0 Å². The summed E-state index contributed by atoms with van der Waals surface area (Å²) in [6.45, 7) is 2.80. The first-order valence-corrected chi connectivity index (χ1v) is 5.49. The van der Waals surface area contributed by atoms with Crippen LogP contribution in [-0.2, 0) is 11.2 Å². The molecule has 2 N–H and O–H groups in total. The fourth-order valence-electron chi connectivity index (χ4n) is 1.48. The van der Waals surface area contributed by atoms with Gasteiger partial charge in [-0.2, -0.15) is 0 Å². The SMILES string of the molecule is CCc1nnsc1C(N)C1=CCCO1. The van der Waals surface area contributed by atoms with Crippen molar-refractivity contribution in [3.63, 3.8) is 0 Å². The summed E-state index contributed by atoms with van der Waals surface area (Å²) >= 11 is 1.36. The van der Waals surface area contributed by atoms with Gasteiger partial charge in [0.2, 0.25) is 0 Å². The van der Waals surface area contributed by atoms with Crippen LogP contribution in [0.4, 0.5) is 0 Å². The molecule has 1 unspecified atom stereocenters. The van der Waals surface area contributed by atoms with Crippen LogP contribution in [0.3, 0.4) is 0 Å². The van der Waals surface area contributed by atoms with Gasteiger partial charge in [-0.15, -0.1) is 5.10 Å². The van der Waals surface area contributed by atoms with Crippen LogP contribution in [0, 0.1) is 0 Å². The van der Waals surface area contributed by atoms with E-state index in [9.17, 15) is 0 Å². The van der Waals surface area contributed by atoms with Crippen molar-refractivity contribution in [1.82, 2.24) is 9.59 Å². The topological polar surface area (TPSA) is 61.0 Å². The average Bonchev–Trinajstić information content (AvgIpc) is 2.87. The van der Waals surface area contributed by atoms with E-state index in [-0.39, 0.29) is 6.04 Å². The highest BCUT2D eigenvalue weighted by Gasteiger charge is 2.21. The molecule has 5 heteroatoms. The molecule has 0 saturated carbocycles. The molecule has 76 valence electrons. The van der Waals surface area contributed by atoms with E-state index in [1.165, 1.54) is 11.5 Å². The normalized spacial score (nSPS) is 17.7. The number of hydrogen-bond acceptors (Lipinski definition) is 5. The second-order valence-corrected chi connectivity index (χ2v) is 3.94. The molecule has 1 aromatic heterocycles. The predicted molar refractivity (Wildman–Crippen MR) is 54.9 cm³/mol. The van der Waals surface area contributed by atoms with Crippen molar-refractivity contribution in [3.8, 4) is 0 Å². The maximum atomic E-state index is 6.06. The van der Waals surface area contributed by atoms with E-state index < -0.39 is 0 Å². The molecule has 1 aromatic rings. The minimum atomic E-state index is -0.174. The maximum absolute atomic E-state index is 6.06. The number of aromatic nitrogens is 2. The minimum Gasteiger partial charge on any atom is -0.496 e. The Morgan fingerprint density at radius 3 is 3.21 bits per heavy atom. The Bertz CT molecular complexity index is 348. The number of rotatable bonds is 3. The van der Waals surface area contributed by atoms with Gasteiger partial charge in [0, 0.05) is 6.42 Å². The Balaban J connectivity index is 2.21. The van der Waals surface area contributed by atoms with Crippen molar-refractivity contribution in [3.05, 3.63) is 22.4 Å². The largest absolute Gasteiger partial charge is 0.496 e. The molecule has 1 atom stereocenters. The Labute approximate surface area is 86.9 Å². The lowest BCUT2D eigenvalue weighted by Crippen LogP contribution is -2.13. The van der Waals surface area contributed by atoms with Crippen LogP contribution >= 0.6 is 11.5 Å². The monoisotopic (exact) mass is 211 g/mol. The lowest BCUT2D eigenvalue weighted by molar-refractivity contribution is 0.226. The molecule has 14 heavy (non-hydrogen) atoms. The van der Waals surface area contributed by atoms with Crippen LogP contribution in [0.25, 0.3) is 0 Å². The van der Waals surface area contributed by atoms with Gasteiger partial charge >= 0.3 is 0 Å². The van der Waals surface area contributed by atoms with Crippen molar-refractivity contribution in [2.45, 2.75) is 25.8 Å². The molecule has 0 aliphatic carbocycles. The Kier molecular flexibility index (Phi) is 2.79. The van der Waals surface area contributed by atoms with Crippen LogP contribution in [0.15, 0.2) is 11.8 Å². The summed E-state index contributed by atoms with van der Waals surface area (Å²) in [7, 11) is 0. The fourth-order valence-corrected chi connectivity index (χ4v) is 2.23. The molecule has 0 spiro atoms. The zero-order chi connectivity index (χ0) is 9.97. The molecule has 0 aromatic carbocycles. The fraction of sp³-hybridized carbons (Fsp3) is 0.556. The highest BCUT2D eigenvalue weighted by atomic mass is 32.1. The third-order valence-electron chi connectivity index (χ3n) is 2.24. The van der Waals surface area contributed by atoms with Gasteiger partial charge in [-0.1, -0.05) is 11.4 Å². The third kappa shape index (κ3) is 1.65. The molecule has 2 heterocycles. The van der Waals surface area contributed by atoms with Crippen LogP contribution in [0.2, 0.25) is 0 Å². The van der Waals surface area contributed by atoms with Crippen molar-refractivity contribution < 1.29 is 4.74 Å². The first-order chi connectivity index (χ1) is 6.83. The molecule has 1 aliphatic heterocycles. The quantitative estimate of drug-likeness (QED) is 0.821. The maximum Gasteiger partial charge on any atom is 0.114 e. The summed E-state index contributed by atoms with van der Waals surface area (Å²) in [4.78, 5) is 1.03. The summed E-state index contributed by atoms with van der Waals surface area (Å²) in [6.07, 6.45) is 3.87. The zero-order valence-electron chi connectivity index (χ0n) is 8.06. The first-order valence-electron chi connectivity index (χ1n) is 4.72. The van der Waals surface area contributed by atoms with Gasteiger partial charge < -0.3 is 10.5 Å². The van der Waals surface area contributed by atoms with Gasteiger partial charge in [-0.25, -0.2) is 0 Å². The second-order valence-electron chi connectivity index (χ2n) is 3.16. The summed E-state index contributed by atoms with van der Waals surface area (Å²) in [5.41, 5.74) is 7.04. The van der Waals surface area contributed by atoms with Crippen LogP contribution in [-0.4, -0.2) is 16.2 Å². The van der Waals surface area contributed by atoms with Gasteiger partial charge in [0.15, 0.2) is 0 Å². The molecule has 0 fully saturated rings. The summed E-state index contributed by atoms with van der Waals surface area (Å²) in [6, 6.07) is -0.174. The van der Waals surface area contributed by atoms with E-state index in [4.69, 9.17) is 10.5 Å². The number of nitrogens with zero attached hydrogens (tertiary/aromatic N) is 2. The molecular formula is C9H13N3OS. The van der Waals surface area contributed by atoms with Gasteiger partial charge in [-0.3, -0.25) is 0 Å². The smallest absolute Gasteiger partial charge is 0.114 e. The van der Waals surface area contributed by atoms with Crippen LogP contribution < -0.4 is 5.73 Å². The average molecular weight is 211 g/mol. The molecular weight excluding hydrogens is 198 g/mol. The van der Waals surface area contributed by atoms with Crippen molar-refractivity contribution in [2.75, 3.05) is 6.61 Å². The standard InChI is InChI=1S/C9H13N3OS/c1-2-6-9(14-12-11-6)8(10)7-4-3-5-13-7/h4,8H,2-3,5,10H2,1H3. The molecule has 2 rings (SSSR count). The Hall–Kier alpha value is -0.940. The van der Waals surface area contributed by atoms with E-state index in [1.807, 2.05) is 6.08 Å². The molecule has 0 radical (unpaired) electrons. The highest BCUT2D eigenvalue weighted by Crippen LogP contribution is 2.28. The zero-order valence-corrected chi connectivity index (χ0v) is 8.88. The number of aryl methyl sites for hydroxylation is 1. The van der Waals surface area contributed by atoms with Gasteiger partial charge in [0.25, 0.3) is 0 Å². The summed E-state index contributed by atoms with van der Waals surface area (Å²) in [5.74, 6) is 0.866. The first kappa shape index (κ1) is 9.61. The number of nitrogens with two attached hydrogens (primary N) is 1. The van der Waals surface area contributed by atoms with E-state index in [1.54, 1.807) is 0 Å². The summed E-state index contributed by atoms with van der Waals surface area (Å²) < 4.78 is 9.34. The third-order valence-corrected chi connectivity index (χ3v) is 3.09. The summed E-state index contributed by atoms with van der Waals surface area (Å²) in [5, 5.41) is 4.03. The Morgan fingerprint density at radius 1 is 1.71 bits per heavy atom. The van der Waals surface area contributed by atoms with E-state index in [0.29, 0.717) is 0 Å². The molecule has 1 aliphatic rings. The van der Waals surface area contributed by atoms with Crippen LogP contribution in [0.5, 0.6) is 0 Å². The minimum absolute atomic E-state index is 0.174. The van der Waals surface area contributed by atoms with E-state index in [0.717, 1.165) is 35.8 Å². The van der Waals surface area contributed by atoms with Crippen molar-refractivity contribution in [2.24, 2.45) is 5.73 Å². The van der Waals surface area contributed by atoms with Gasteiger partial charge in [0.1, 0.15) is 11.8 Å². The van der Waals surface area contributed by atoms with E-state index in [2.05, 4.69) is 16.5 Å².